The van der Waals surface area contributed by atoms with E-state index in [1.54, 1.807) is 18.2 Å². The van der Waals surface area contributed by atoms with Gasteiger partial charge in [-0.05, 0) is 25.5 Å². The van der Waals surface area contributed by atoms with E-state index in [-0.39, 0.29) is 11.9 Å². The van der Waals surface area contributed by atoms with E-state index < -0.39 is 12.0 Å². The summed E-state index contributed by atoms with van der Waals surface area (Å²) in [7, 11) is 0. The number of nitrogens with one attached hydrogen (secondary N) is 1. The number of nitrogens with zero attached hydrogens (tertiary/aromatic N) is 1. The molecule has 0 radical (unpaired) electrons. The number of carboxylic acids is 1. The largest absolute Gasteiger partial charge is 0.480 e. The van der Waals surface area contributed by atoms with Crippen LogP contribution >= 0.6 is 0 Å². The molecule has 0 amide bonds. The summed E-state index contributed by atoms with van der Waals surface area (Å²) < 4.78 is 13.7. The van der Waals surface area contributed by atoms with Gasteiger partial charge in [0.2, 0.25) is 0 Å². The SMILES string of the molecule is CCN(CCC(NC(C)C)C(=O)O)c1ccccc1F. The van der Waals surface area contributed by atoms with Crippen LogP contribution in [-0.2, 0) is 4.79 Å². The molecule has 5 heteroatoms. The maximum atomic E-state index is 13.7. The molecule has 0 aromatic heterocycles. The maximum absolute atomic E-state index is 13.7. The lowest BCUT2D eigenvalue weighted by Gasteiger charge is -2.26. The minimum absolute atomic E-state index is 0.0969. The molecule has 0 saturated carbocycles. The van der Waals surface area contributed by atoms with E-state index in [4.69, 9.17) is 0 Å². The van der Waals surface area contributed by atoms with Crippen molar-refractivity contribution in [1.82, 2.24) is 5.32 Å². The van der Waals surface area contributed by atoms with Gasteiger partial charge in [-0.15, -0.1) is 0 Å². The van der Waals surface area contributed by atoms with E-state index in [0.717, 1.165) is 0 Å². The molecule has 1 rings (SSSR count). The topological polar surface area (TPSA) is 52.6 Å². The molecule has 2 N–H and O–H groups in total. The molecule has 0 aliphatic heterocycles. The molecule has 0 fully saturated rings. The fourth-order valence-electron chi connectivity index (χ4n) is 2.12. The highest BCUT2D eigenvalue weighted by Crippen LogP contribution is 2.18. The van der Waals surface area contributed by atoms with Gasteiger partial charge in [0.05, 0.1) is 5.69 Å². The molecular formula is C15H23FN2O2. The zero-order chi connectivity index (χ0) is 15.1. The van der Waals surface area contributed by atoms with Crippen molar-refractivity contribution in [2.24, 2.45) is 0 Å². The highest BCUT2D eigenvalue weighted by molar-refractivity contribution is 5.73. The standard InChI is InChI=1S/C15H23FN2O2/c1-4-18(14-8-6-5-7-12(14)16)10-9-13(15(19)20)17-11(2)3/h5-8,11,13,17H,4,9-10H2,1-3H3,(H,19,20). The number of para-hydroxylation sites is 1. The molecule has 1 aromatic carbocycles. The highest BCUT2D eigenvalue weighted by atomic mass is 19.1. The first-order valence-corrected chi connectivity index (χ1v) is 6.94. The van der Waals surface area contributed by atoms with E-state index in [0.29, 0.717) is 25.2 Å². The molecular weight excluding hydrogens is 259 g/mol. The average molecular weight is 282 g/mol. The molecule has 1 aromatic rings. The van der Waals surface area contributed by atoms with Crippen LogP contribution < -0.4 is 10.2 Å². The molecule has 0 aliphatic carbocycles. The number of halogens is 1. The van der Waals surface area contributed by atoms with Gasteiger partial charge < -0.3 is 15.3 Å². The van der Waals surface area contributed by atoms with Gasteiger partial charge in [-0.25, -0.2) is 4.39 Å². The second-order valence-corrected chi connectivity index (χ2v) is 5.03. The Bertz CT molecular complexity index is 438. The number of aliphatic carboxylic acids is 1. The Balaban J connectivity index is 2.69. The first kappa shape index (κ1) is 16.4. The second kappa shape index (κ2) is 7.85. The molecule has 1 atom stereocenters. The fraction of sp³-hybridized carbons (Fsp3) is 0.533. The van der Waals surface area contributed by atoms with E-state index >= 15 is 0 Å². The van der Waals surface area contributed by atoms with Gasteiger partial charge in [-0.3, -0.25) is 4.79 Å². The molecule has 20 heavy (non-hydrogen) atoms. The smallest absolute Gasteiger partial charge is 0.320 e. The molecule has 112 valence electrons. The van der Waals surface area contributed by atoms with Crippen molar-refractivity contribution in [1.29, 1.82) is 0 Å². The van der Waals surface area contributed by atoms with E-state index in [9.17, 15) is 14.3 Å². The lowest BCUT2D eigenvalue weighted by molar-refractivity contribution is -0.139. The summed E-state index contributed by atoms with van der Waals surface area (Å²) in [6.07, 6.45) is 0.426. The zero-order valence-electron chi connectivity index (χ0n) is 12.3. The lowest BCUT2D eigenvalue weighted by Crippen LogP contribution is -2.43. The third-order valence-electron chi connectivity index (χ3n) is 3.10. The van der Waals surface area contributed by atoms with Crippen LogP contribution in [0.1, 0.15) is 27.2 Å². The van der Waals surface area contributed by atoms with E-state index in [1.807, 2.05) is 25.7 Å². The number of carboxylic acid groups (broad SMARTS) is 1. The Morgan fingerprint density at radius 3 is 2.55 bits per heavy atom. The molecule has 4 nitrogen and oxygen atoms in total. The highest BCUT2D eigenvalue weighted by Gasteiger charge is 2.19. The van der Waals surface area contributed by atoms with Crippen LogP contribution in [-0.4, -0.2) is 36.2 Å². The van der Waals surface area contributed by atoms with Crippen molar-refractivity contribution in [2.45, 2.75) is 39.3 Å². The minimum Gasteiger partial charge on any atom is -0.480 e. The normalized spacial score (nSPS) is 12.4. The summed E-state index contributed by atoms with van der Waals surface area (Å²) in [4.78, 5) is 13.0. The monoisotopic (exact) mass is 282 g/mol. The number of rotatable bonds is 8. The Kier molecular flexibility index (Phi) is 6.45. The number of benzene rings is 1. The van der Waals surface area contributed by atoms with Crippen LogP contribution in [0, 0.1) is 5.82 Å². The lowest BCUT2D eigenvalue weighted by atomic mass is 10.1. The number of carbonyl (C=O) groups is 1. The molecule has 0 saturated heterocycles. The number of hydrogen-bond acceptors (Lipinski definition) is 3. The minimum atomic E-state index is -0.872. The molecule has 0 bridgehead atoms. The van der Waals surface area contributed by atoms with Gasteiger partial charge in [0.15, 0.2) is 0 Å². The van der Waals surface area contributed by atoms with Crippen LogP contribution in [0.25, 0.3) is 0 Å². The van der Waals surface area contributed by atoms with Gasteiger partial charge in [0.1, 0.15) is 11.9 Å². The molecule has 1 unspecified atom stereocenters. The van der Waals surface area contributed by atoms with Crippen molar-refractivity contribution in [2.75, 3.05) is 18.0 Å². The van der Waals surface area contributed by atoms with Crippen molar-refractivity contribution in [3.63, 3.8) is 0 Å². The van der Waals surface area contributed by atoms with Crippen molar-refractivity contribution < 1.29 is 14.3 Å². The Morgan fingerprint density at radius 1 is 1.40 bits per heavy atom. The van der Waals surface area contributed by atoms with Crippen LogP contribution in [0.15, 0.2) is 24.3 Å². The van der Waals surface area contributed by atoms with Crippen LogP contribution in [0.4, 0.5) is 10.1 Å². The van der Waals surface area contributed by atoms with Crippen LogP contribution in [0.3, 0.4) is 0 Å². The quantitative estimate of drug-likeness (QED) is 0.769. The third-order valence-corrected chi connectivity index (χ3v) is 3.10. The molecule has 0 aliphatic rings. The fourth-order valence-corrected chi connectivity index (χ4v) is 2.12. The van der Waals surface area contributed by atoms with E-state index in [2.05, 4.69) is 5.32 Å². The van der Waals surface area contributed by atoms with Crippen LogP contribution in [0.5, 0.6) is 0 Å². The Labute approximate surface area is 119 Å². The van der Waals surface area contributed by atoms with Crippen molar-refractivity contribution in [3.05, 3.63) is 30.1 Å². The summed E-state index contributed by atoms with van der Waals surface area (Å²) >= 11 is 0. The zero-order valence-corrected chi connectivity index (χ0v) is 12.3. The maximum Gasteiger partial charge on any atom is 0.320 e. The van der Waals surface area contributed by atoms with Gasteiger partial charge >= 0.3 is 5.97 Å². The Morgan fingerprint density at radius 2 is 2.05 bits per heavy atom. The number of hydrogen-bond donors (Lipinski definition) is 2. The van der Waals surface area contributed by atoms with Crippen molar-refractivity contribution >= 4 is 11.7 Å². The second-order valence-electron chi connectivity index (χ2n) is 5.03. The Hall–Kier alpha value is -1.62. The number of anilines is 1. The first-order chi connectivity index (χ1) is 9.45. The first-order valence-electron chi connectivity index (χ1n) is 6.94. The van der Waals surface area contributed by atoms with Crippen LogP contribution in [0.2, 0.25) is 0 Å². The summed E-state index contributed by atoms with van der Waals surface area (Å²) in [5.74, 6) is -1.15. The van der Waals surface area contributed by atoms with Gasteiger partial charge in [0.25, 0.3) is 0 Å². The summed E-state index contributed by atoms with van der Waals surface area (Å²) in [5.41, 5.74) is 0.517. The third kappa shape index (κ3) is 4.81. The predicted octanol–water partition coefficient (Wildman–Crippen LogP) is 2.49. The molecule has 0 heterocycles. The van der Waals surface area contributed by atoms with Gasteiger partial charge in [-0.1, -0.05) is 26.0 Å². The van der Waals surface area contributed by atoms with E-state index in [1.165, 1.54) is 6.07 Å². The summed E-state index contributed by atoms with van der Waals surface area (Å²) in [5, 5.41) is 12.2. The summed E-state index contributed by atoms with van der Waals surface area (Å²) in [6, 6.07) is 6.04. The predicted molar refractivity (Wildman–Crippen MR) is 78.6 cm³/mol. The van der Waals surface area contributed by atoms with Gasteiger partial charge in [-0.2, -0.15) is 0 Å². The average Bonchev–Trinajstić information content (AvgIpc) is 2.39. The van der Waals surface area contributed by atoms with Crippen molar-refractivity contribution in [3.8, 4) is 0 Å². The molecule has 0 spiro atoms. The van der Waals surface area contributed by atoms with Gasteiger partial charge in [0, 0.05) is 19.1 Å². The summed E-state index contributed by atoms with van der Waals surface area (Å²) in [6.45, 7) is 6.87.